The van der Waals surface area contributed by atoms with Crippen molar-refractivity contribution in [2.24, 2.45) is 0 Å². The molecule has 0 fully saturated rings. The van der Waals surface area contributed by atoms with Gasteiger partial charge in [0.25, 0.3) is 0 Å². The Morgan fingerprint density at radius 1 is 1.62 bits per heavy atom. The number of halogens is 2. The summed E-state index contributed by atoms with van der Waals surface area (Å²) >= 11 is 11.3. The summed E-state index contributed by atoms with van der Waals surface area (Å²) in [4.78, 5) is 14.9. The minimum atomic E-state index is -0.538. The molecule has 0 saturated heterocycles. The van der Waals surface area contributed by atoms with E-state index in [9.17, 15) is 4.79 Å². The van der Waals surface area contributed by atoms with Gasteiger partial charge in [0.15, 0.2) is 5.69 Å². The van der Waals surface area contributed by atoms with Crippen molar-refractivity contribution in [3.05, 3.63) is 28.0 Å². The van der Waals surface area contributed by atoms with Gasteiger partial charge in [-0.25, -0.2) is 9.78 Å². The van der Waals surface area contributed by atoms with E-state index >= 15 is 0 Å². The molecule has 0 aliphatic rings. The predicted molar refractivity (Wildman–Crippen MR) is 50.2 cm³/mol. The molecule has 0 amide bonds. The van der Waals surface area contributed by atoms with Crippen LogP contribution in [-0.2, 0) is 4.74 Å². The van der Waals surface area contributed by atoms with Crippen LogP contribution in [0.1, 0.15) is 17.4 Å². The second-order valence-electron chi connectivity index (χ2n) is 2.20. The van der Waals surface area contributed by atoms with E-state index in [1.807, 2.05) is 0 Å². The molecule has 1 aromatic rings. The highest BCUT2D eigenvalue weighted by molar-refractivity contribution is 6.36. The van der Waals surface area contributed by atoms with Gasteiger partial charge in [0.1, 0.15) is 0 Å². The number of hydrogen-bond acceptors (Lipinski definition) is 3. The molecule has 0 aliphatic heterocycles. The Labute approximate surface area is 85.6 Å². The maximum atomic E-state index is 11.2. The topological polar surface area (TPSA) is 39.2 Å². The number of carbonyl (C=O) groups is 1. The lowest BCUT2D eigenvalue weighted by molar-refractivity contribution is 0.0520. The average molecular weight is 220 g/mol. The van der Waals surface area contributed by atoms with Crippen LogP contribution in [0.3, 0.4) is 0 Å². The Kier molecular flexibility index (Phi) is 3.51. The first kappa shape index (κ1) is 10.3. The molecule has 0 bridgehead atoms. The second kappa shape index (κ2) is 4.44. The zero-order valence-corrected chi connectivity index (χ0v) is 8.39. The fraction of sp³-hybridized carbons (Fsp3) is 0.250. The van der Waals surface area contributed by atoms with Crippen LogP contribution in [0.2, 0.25) is 10.0 Å². The lowest BCUT2D eigenvalue weighted by Crippen LogP contribution is -2.07. The first-order valence-corrected chi connectivity index (χ1v) is 4.39. The molecule has 0 atom stereocenters. The van der Waals surface area contributed by atoms with Crippen LogP contribution in [0.15, 0.2) is 12.3 Å². The molecule has 13 heavy (non-hydrogen) atoms. The van der Waals surface area contributed by atoms with Gasteiger partial charge in [-0.05, 0) is 13.0 Å². The molecule has 1 aromatic heterocycles. The molecule has 1 rings (SSSR count). The number of aromatic nitrogens is 1. The molecule has 70 valence electrons. The summed E-state index contributed by atoms with van der Waals surface area (Å²) in [6.45, 7) is 2.00. The molecule has 0 N–H and O–H groups in total. The molecular formula is C8H7Cl2NO2. The first-order valence-electron chi connectivity index (χ1n) is 3.63. The molecule has 5 heteroatoms. The largest absolute Gasteiger partial charge is 0.461 e. The molecule has 1 heterocycles. The quantitative estimate of drug-likeness (QED) is 0.719. The Morgan fingerprint density at radius 3 is 2.85 bits per heavy atom. The lowest BCUT2D eigenvalue weighted by atomic mass is 10.3. The second-order valence-corrected chi connectivity index (χ2v) is 3.05. The Balaban J connectivity index is 2.95. The van der Waals surface area contributed by atoms with Crippen LogP contribution in [0, 0.1) is 0 Å². The third-order valence-corrected chi connectivity index (χ3v) is 1.77. The summed E-state index contributed by atoms with van der Waals surface area (Å²) in [7, 11) is 0. The third kappa shape index (κ3) is 2.57. The monoisotopic (exact) mass is 219 g/mol. The summed E-state index contributed by atoms with van der Waals surface area (Å²) in [5.74, 6) is -0.538. The van der Waals surface area contributed by atoms with Gasteiger partial charge >= 0.3 is 5.97 Å². The minimum absolute atomic E-state index is 0.0907. The third-order valence-electron chi connectivity index (χ3n) is 1.28. The van der Waals surface area contributed by atoms with Crippen LogP contribution < -0.4 is 0 Å². The number of esters is 1. The number of pyridine rings is 1. The fourth-order valence-electron chi connectivity index (χ4n) is 0.764. The molecule has 3 nitrogen and oxygen atoms in total. The normalized spacial score (nSPS) is 9.77. The maximum Gasteiger partial charge on any atom is 0.358 e. The lowest BCUT2D eigenvalue weighted by Gasteiger charge is -2.02. The zero-order valence-electron chi connectivity index (χ0n) is 6.88. The summed E-state index contributed by atoms with van der Waals surface area (Å²) in [5.41, 5.74) is 0.0907. The Morgan fingerprint density at radius 2 is 2.31 bits per heavy atom. The summed E-state index contributed by atoms with van der Waals surface area (Å²) in [6, 6.07) is 1.45. The summed E-state index contributed by atoms with van der Waals surface area (Å²) in [5, 5.41) is 0.587. The van der Waals surface area contributed by atoms with E-state index in [0.717, 1.165) is 0 Å². The van der Waals surface area contributed by atoms with E-state index in [-0.39, 0.29) is 10.7 Å². The van der Waals surface area contributed by atoms with Gasteiger partial charge in [0, 0.05) is 6.20 Å². The Bertz CT molecular complexity index is 328. The standard InChI is InChI=1S/C8H7Cl2NO2/c1-2-13-8(12)7-6(10)3-5(9)4-11-7/h3-4H,2H2,1H3. The first-order chi connectivity index (χ1) is 6.15. The van der Waals surface area contributed by atoms with Crippen molar-refractivity contribution >= 4 is 29.2 Å². The number of hydrogen-bond donors (Lipinski definition) is 0. The Hall–Kier alpha value is -0.800. The van der Waals surface area contributed by atoms with Crippen molar-refractivity contribution in [3.63, 3.8) is 0 Å². The van der Waals surface area contributed by atoms with E-state index in [1.165, 1.54) is 12.3 Å². The van der Waals surface area contributed by atoms with Gasteiger partial charge in [-0.2, -0.15) is 0 Å². The van der Waals surface area contributed by atoms with E-state index in [2.05, 4.69) is 4.98 Å². The molecule has 0 aromatic carbocycles. The van der Waals surface area contributed by atoms with Crippen molar-refractivity contribution < 1.29 is 9.53 Å². The van der Waals surface area contributed by atoms with E-state index in [1.54, 1.807) is 6.92 Å². The van der Waals surface area contributed by atoms with E-state index in [4.69, 9.17) is 27.9 Å². The van der Waals surface area contributed by atoms with Crippen molar-refractivity contribution in [1.82, 2.24) is 4.98 Å². The average Bonchev–Trinajstić information content (AvgIpc) is 2.04. The molecule has 0 spiro atoms. The highest BCUT2D eigenvalue weighted by Crippen LogP contribution is 2.18. The minimum Gasteiger partial charge on any atom is -0.461 e. The van der Waals surface area contributed by atoms with Crippen LogP contribution in [-0.4, -0.2) is 17.6 Å². The predicted octanol–water partition coefficient (Wildman–Crippen LogP) is 2.57. The maximum absolute atomic E-state index is 11.2. The van der Waals surface area contributed by atoms with Crippen LogP contribution in [0.4, 0.5) is 0 Å². The molecule has 0 aliphatic carbocycles. The highest BCUT2D eigenvalue weighted by Gasteiger charge is 2.12. The van der Waals surface area contributed by atoms with Gasteiger partial charge in [-0.3, -0.25) is 0 Å². The van der Waals surface area contributed by atoms with Crippen LogP contribution >= 0.6 is 23.2 Å². The molecule has 0 saturated carbocycles. The molecular weight excluding hydrogens is 213 g/mol. The van der Waals surface area contributed by atoms with Crippen molar-refractivity contribution in [3.8, 4) is 0 Å². The number of ether oxygens (including phenoxy) is 1. The van der Waals surface area contributed by atoms with Gasteiger partial charge in [0.2, 0.25) is 0 Å². The van der Waals surface area contributed by atoms with Gasteiger partial charge in [-0.1, -0.05) is 23.2 Å². The van der Waals surface area contributed by atoms with E-state index in [0.29, 0.717) is 11.6 Å². The van der Waals surface area contributed by atoms with Crippen LogP contribution in [0.5, 0.6) is 0 Å². The van der Waals surface area contributed by atoms with Crippen molar-refractivity contribution in [2.45, 2.75) is 6.92 Å². The number of carbonyl (C=O) groups excluding carboxylic acids is 1. The smallest absolute Gasteiger partial charge is 0.358 e. The number of rotatable bonds is 2. The molecule has 0 unspecified atom stereocenters. The fourth-order valence-corrected chi connectivity index (χ4v) is 1.22. The number of nitrogens with zero attached hydrogens (tertiary/aromatic N) is 1. The zero-order chi connectivity index (χ0) is 9.84. The summed E-state index contributed by atoms with van der Waals surface area (Å²) < 4.78 is 4.72. The summed E-state index contributed by atoms with van der Waals surface area (Å²) in [6.07, 6.45) is 1.35. The van der Waals surface area contributed by atoms with Gasteiger partial charge in [-0.15, -0.1) is 0 Å². The van der Waals surface area contributed by atoms with E-state index < -0.39 is 5.97 Å². The van der Waals surface area contributed by atoms with Crippen molar-refractivity contribution in [1.29, 1.82) is 0 Å². The van der Waals surface area contributed by atoms with Gasteiger partial charge < -0.3 is 4.74 Å². The SMILES string of the molecule is CCOC(=O)c1ncc(Cl)cc1Cl. The molecule has 0 radical (unpaired) electrons. The highest BCUT2D eigenvalue weighted by atomic mass is 35.5. The van der Waals surface area contributed by atoms with Crippen molar-refractivity contribution in [2.75, 3.05) is 6.61 Å². The van der Waals surface area contributed by atoms with Gasteiger partial charge in [0.05, 0.1) is 16.7 Å². The van der Waals surface area contributed by atoms with Crippen LogP contribution in [0.25, 0.3) is 0 Å².